The van der Waals surface area contributed by atoms with Crippen molar-refractivity contribution < 1.29 is 9.13 Å². The number of nitrogens with zero attached hydrogens (tertiary/aromatic N) is 1. The van der Waals surface area contributed by atoms with Crippen LogP contribution in [0.4, 0.5) is 10.1 Å². The second-order valence-corrected chi connectivity index (χ2v) is 13.8. The summed E-state index contributed by atoms with van der Waals surface area (Å²) in [6.45, 7) is 15.8. The van der Waals surface area contributed by atoms with Crippen LogP contribution in [-0.4, -0.2) is 17.8 Å². The minimum Gasteiger partial charge on any atom is -0.479 e. The predicted molar refractivity (Wildman–Crippen MR) is 224 cm³/mol. The molecule has 1 aromatic heterocycles. The number of para-hydroxylation sites is 2. The van der Waals surface area contributed by atoms with Crippen molar-refractivity contribution in [3.05, 3.63) is 138 Å². The van der Waals surface area contributed by atoms with Gasteiger partial charge in [-0.15, -0.1) is 29.7 Å². The van der Waals surface area contributed by atoms with Crippen molar-refractivity contribution >= 4 is 50.8 Å². The number of fused-ring (bicyclic) bond motifs is 1. The maximum absolute atomic E-state index is 14.5. The zero-order valence-electron chi connectivity index (χ0n) is 30.9. The smallest absolute Gasteiger partial charge is 0.176 e. The molecule has 1 heterocycles. The number of thioether (sulfide) groups is 2. The third-order valence-corrected chi connectivity index (χ3v) is 10.4. The van der Waals surface area contributed by atoms with E-state index in [1.165, 1.54) is 59.3 Å². The Balaban J connectivity index is 0.000000361. The number of allylic oxidation sites excluding steroid dienone is 2. The van der Waals surface area contributed by atoms with Gasteiger partial charge in [-0.25, -0.2) is 9.37 Å². The molecule has 1 N–H and O–H groups in total. The maximum atomic E-state index is 14.5. The Morgan fingerprint density at radius 2 is 1.54 bits per heavy atom. The highest BCUT2D eigenvalue weighted by molar-refractivity contribution is 8.02. The number of unbranched alkanes of at least 4 members (excludes halogenated alkanes) is 4. The topological polar surface area (TPSA) is 34.1 Å². The highest BCUT2D eigenvalue weighted by atomic mass is 32.2. The van der Waals surface area contributed by atoms with Crippen molar-refractivity contribution in [3.63, 3.8) is 0 Å². The molecular weight excluding hydrogens is 676 g/mol. The highest BCUT2D eigenvalue weighted by Gasteiger charge is 2.20. The average Bonchev–Trinajstić information content (AvgIpc) is 3.59. The summed E-state index contributed by atoms with van der Waals surface area (Å²) in [6, 6.07) is 31.5. The summed E-state index contributed by atoms with van der Waals surface area (Å²) in [5.74, 6) is 1.61. The average molecular weight is 731 g/mol. The molecule has 268 valence electrons. The molecule has 50 heavy (non-hydrogen) atoms. The van der Waals surface area contributed by atoms with Gasteiger partial charge in [0.25, 0.3) is 0 Å². The summed E-state index contributed by atoms with van der Waals surface area (Å²) in [5.41, 5.74) is 4.70. The molecule has 0 saturated carbocycles. The van der Waals surface area contributed by atoms with E-state index in [0.717, 1.165) is 39.0 Å². The van der Waals surface area contributed by atoms with Crippen LogP contribution in [0.5, 0.6) is 0 Å². The van der Waals surface area contributed by atoms with Crippen molar-refractivity contribution in [1.82, 2.24) is 4.98 Å². The van der Waals surface area contributed by atoms with Gasteiger partial charge in [-0.2, -0.15) is 0 Å². The molecule has 0 aliphatic carbocycles. The minimum absolute atomic E-state index is 0.253. The van der Waals surface area contributed by atoms with Crippen LogP contribution in [-0.2, 0) is 4.74 Å². The second-order valence-electron chi connectivity index (χ2n) is 10.7. The van der Waals surface area contributed by atoms with Crippen LogP contribution in [0.1, 0.15) is 83.3 Å². The standard InChI is InChI=1S/C25H32FNOS2.C14H11NS.2C2H6/c1-4-5-6-7-8-13-18-29-19-20(2)28-25(21-14-9-10-15-22(21)26)30-24-17-12-11-16-23(24)27-3;1-10-6-2-3-7-11(10)14-15-12-8-4-5-9-13(12)16-14;2*1-2/h4,9-12,14-17,19,25,27H,1,5-8,13,18H2,2-3H3;2-9H,1H3;2*1-2H3/b20-19-;;;/t25-;;;/m0.../s1. The van der Waals surface area contributed by atoms with E-state index in [9.17, 15) is 4.39 Å². The molecule has 0 aliphatic rings. The molecule has 4 aromatic carbocycles. The van der Waals surface area contributed by atoms with Gasteiger partial charge in [-0.3, -0.25) is 0 Å². The number of rotatable bonds is 15. The van der Waals surface area contributed by atoms with Crippen LogP contribution in [0.25, 0.3) is 20.8 Å². The summed E-state index contributed by atoms with van der Waals surface area (Å²) in [5, 5.41) is 6.35. The van der Waals surface area contributed by atoms with Gasteiger partial charge in [0, 0.05) is 34.2 Å². The first-order valence-electron chi connectivity index (χ1n) is 17.7. The Hall–Kier alpha value is -3.52. The normalized spacial score (nSPS) is 11.2. The first-order valence-corrected chi connectivity index (χ1v) is 20.4. The third kappa shape index (κ3) is 14.4. The molecule has 1 atom stereocenters. The fraction of sp³-hybridized carbons (Fsp3) is 0.326. The van der Waals surface area contributed by atoms with E-state index in [2.05, 4.69) is 66.3 Å². The molecule has 7 heteroatoms. The summed E-state index contributed by atoms with van der Waals surface area (Å²) in [6.07, 6.45) is 7.99. The largest absolute Gasteiger partial charge is 0.479 e. The molecule has 0 fully saturated rings. The lowest BCUT2D eigenvalue weighted by Crippen LogP contribution is -2.03. The Morgan fingerprint density at radius 1 is 0.880 bits per heavy atom. The quantitative estimate of drug-likeness (QED) is 0.0381. The van der Waals surface area contributed by atoms with Gasteiger partial charge in [-0.05, 0) is 74.8 Å². The number of aromatic nitrogens is 1. The summed E-state index contributed by atoms with van der Waals surface area (Å²) in [7, 11) is 1.89. The third-order valence-electron chi connectivity index (χ3n) is 7.18. The van der Waals surface area contributed by atoms with Crippen LogP contribution in [0, 0.1) is 12.7 Å². The molecule has 0 amide bonds. The van der Waals surface area contributed by atoms with Crippen molar-refractivity contribution in [2.45, 2.75) is 84.0 Å². The molecule has 0 unspecified atom stereocenters. The molecule has 0 saturated heterocycles. The minimum atomic E-state index is -0.462. The first kappa shape index (κ1) is 42.6. The number of anilines is 1. The van der Waals surface area contributed by atoms with Gasteiger partial charge in [0.15, 0.2) is 5.44 Å². The molecular formula is C43H55FN2OS3. The van der Waals surface area contributed by atoms with E-state index in [1.54, 1.807) is 35.2 Å². The van der Waals surface area contributed by atoms with Crippen LogP contribution in [0.2, 0.25) is 0 Å². The number of benzene rings is 4. The monoisotopic (exact) mass is 730 g/mol. The molecule has 0 radical (unpaired) electrons. The Labute approximate surface area is 313 Å². The fourth-order valence-electron chi connectivity index (χ4n) is 4.71. The van der Waals surface area contributed by atoms with Crippen molar-refractivity contribution in [3.8, 4) is 10.6 Å². The number of hydrogen-bond donors (Lipinski definition) is 1. The van der Waals surface area contributed by atoms with E-state index in [4.69, 9.17) is 4.74 Å². The van der Waals surface area contributed by atoms with Crippen LogP contribution < -0.4 is 5.32 Å². The first-order chi connectivity index (χ1) is 24.5. The van der Waals surface area contributed by atoms with Crippen LogP contribution in [0.3, 0.4) is 0 Å². The van der Waals surface area contributed by atoms with Crippen molar-refractivity contribution in [2.24, 2.45) is 0 Å². The van der Waals surface area contributed by atoms with E-state index in [-0.39, 0.29) is 5.82 Å². The van der Waals surface area contributed by atoms with Gasteiger partial charge in [0.2, 0.25) is 0 Å². The number of hydrogen-bond acceptors (Lipinski definition) is 6. The predicted octanol–water partition coefficient (Wildman–Crippen LogP) is 14.7. The van der Waals surface area contributed by atoms with Crippen molar-refractivity contribution in [2.75, 3.05) is 18.1 Å². The zero-order valence-corrected chi connectivity index (χ0v) is 33.3. The van der Waals surface area contributed by atoms with E-state index >= 15 is 0 Å². The molecule has 3 nitrogen and oxygen atoms in total. The number of nitrogens with one attached hydrogen (secondary N) is 1. The van der Waals surface area contributed by atoms with Crippen LogP contribution in [0.15, 0.2) is 126 Å². The number of aryl methyl sites for hydroxylation is 1. The van der Waals surface area contributed by atoms with Gasteiger partial charge in [-0.1, -0.05) is 125 Å². The summed E-state index contributed by atoms with van der Waals surface area (Å²) < 4.78 is 22.0. The number of ether oxygens (including phenoxy) is 1. The van der Waals surface area contributed by atoms with E-state index in [0.29, 0.717) is 5.56 Å². The zero-order chi connectivity index (χ0) is 36.6. The lowest BCUT2D eigenvalue weighted by molar-refractivity contribution is 0.189. The van der Waals surface area contributed by atoms with Gasteiger partial charge >= 0.3 is 0 Å². The Morgan fingerprint density at radius 3 is 2.26 bits per heavy atom. The summed E-state index contributed by atoms with van der Waals surface area (Å²) >= 11 is 5.02. The summed E-state index contributed by atoms with van der Waals surface area (Å²) in [4.78, 5) is 5.68. The Bertz CT molecular complexity index is 1670. The van der Waals surface area contributed by atoms with Crippen LogP contribution >= 0.6 is 34.9 Å². The Kier molecular flexibility index (Phi) is 21.7. The second kappa shape index (κ2) is 25.4. The van der Waals surface area contributed by atoms with E-state index < -0.39 is 5.44 Å². The van der Waals surface area contributed by atoms with Gasteiger partial charge < -0.3 is 10.1 Å². The lowest BCUT2D eigenvalue weighted by atomic mass is 10.1. The fourth-order valence-corrected chi connectivity index (χ4v) is 7.75. The number of halogens is 1. The SMILES string of the molecule is C=CCCCCCCS/C=C(/C)O[C@@H](Sc1ccccc1NC)c1ccccc1F.CC.CC.Cc1ccccc1-c1nc2ccccc2s1. The van der Waals surface area contributed by atoms with Gasteiger partial charge in [0.1, 0.15) is 16.6 Å². The maximum Gasteiger partial charge on any atom is 0.176 e. The molecule has 5 rings (SSSR count). The molecule has 5 aromatic rings. The van der Waals surface area contributed by atoms with Crippen molar-refractivity contribution in [1.29, 1.82) is 0 Å². The molecule has 0 bridgehead atoms. The van der Waals surface area contributed by atoms with Gasteiger partial charge in [0.05, 0.1) is 10.2 Å². The number of thiazole rings is 1. The van der Waals surface area contributed by atoms with E-state index in [1.807, 2.05) is 89.5 Å². The molecule has 0 spiro atoms. The lowest BCUT2D eigenvalue weighted by Gasteiger charge is -2.21. The molecule has 0 aliphatic heterocycles. The highest BCUT2D eigenvalue weighted by Crippen LogP contribution is 2.42.